The number of carboxylic acids is 1. The normalized spacial score (nSPS) is 24.9. The van der Waals surface area contributed by atoms with Crippen LogP contribution in [0.4, 0.5) is 0 Å². The van der Waals surface area contributed by atoms with Gasteiger partial charge in [-0.15, -0.1) is 0 Å². The third-order valence-corrected chi connectivity index (χ3v) is 6.92. The van der Waals surface area contributed by atoms with Gasteiger partial charge in [0.2, 0.25) is 0 Å². The van der Waals surface area contributed by atoms with Crippen LogP contribution in [0.3, 0.4) is 0 Å². The van der Waals surface area contributed by atoms with E-state index in [1.165, 1.54) is 0 Å². The Morgan fingerprint density at radius 2 is 1.43 bits per heavy atom. The van der Waals surface area contributed by atoms with Gasteiger partial charge in [0.15, 0.2) is 0 Å². The average molecular weight is 423 g/mol. The van der Waals surface area contributed by atoms with Crippen LogP contribution in [0.2, 0.25) is 0 Å². The summed E-state index contributed by atoms with van der Waals surface area (Å²) in [4.78, 5) is 36.3. The maximum atomic E-state index is 12.3. The lowest BCUT2D eigenvalue weighted by atomic mass is 9.82. The molecule has 0 aromatic rings. The fourth-order valence-corrected chi connectivity index (χ4v) is 4.83. The molecule has 0 spiro atoms. The first-order valence-corrected chi connectivity index (χ1v) is 11.7. The summed E-state index contributed by atoms with van der Waals surface area (Å²) in [6, 6.07) is 0. The topological polar surface area (TPSA) is 80.7 Å². The maximum absolute atomic E-state index is 12.3. The second-order valence-corrected chi connectivity index (χ2v) is 11.8. The molecular formula is C25H42O5. The van der Waals surface area contributed by atoms with Crippen molar-refractivity contribution in [2.24, 2.45) is 22.2 Å². The van der Waals surface area contributed by atoms with E-state index in [9.17, 15) is 19.5 Å². The van der Waals surface area contributed by atoms with E-state index in [-0.39, 0.29) is 28.5 Å². The number of unbranched alkanes of at least 4 members (excludes halogenated alkanes) is 2. The molecule has 0 aromatic heterocycles. The van der Waals surface area contributed by atoms with E-state index in [4.69, 9.17) is 4.74 Å². The zero-order valence-corrected chi connectivity index (χ0v) is 19.9. The zero-order valence-electron chi connectivity index (χ0n) is 19.9. The molecule has 0 aromatic carbocycles. The number of esters is 1. The molecular weight excluding hydrogens is 380 g/mol. The molecule has 30 heavy (non-hydrogen) atoms. The Bertz CT molecular complexity index is 647. The number of carboxylic acid groups (broad SMARTS) is 1. The predicted octanol–water partition coefficient (Wildman–Crippen LogP) is 5.94. The molecule has 2 atom stereocenters. The molecule has 172 valence electrons. The molecule has 0 amide bonds. The quantitative estimate of drug-likeness (QED) is 0.311. The number of carbonyl (C=O) groups is 3. The highest BCUT2D eigenvalue weighted by Crippen LogP contribution is 2.63. The standard InChI is InChI=1S/C25H42O5/c1-22(2,3)19-17-25(19,20(27)28)14-10-8-12-18(26)11-7-9-13-24(15-16-24)21(29)30-23(4,5)6/h19H,7-17H2,1-6H3,(H,27,28). The molecule has 2 saturated carbocycles. The molecule has 2 aliphatic carbocycles. The summed E-state index contributed by atoms with van der Waals surface area (Å²) in [5, 5.41) is 9.66. The molecule has 5 heteroatoms. The summed E-state index contributed by atoms with van der Waals surface area (Å²) in [6.45, 7) is 12.0. The Morgan fingerprint density at radius 3 is 1.83 bits per heavy atom. The van der Waals surface area contributed by atoms with Crippen molar-refractivity contribution in [1.82, 2.24) is 0 Å². The Balaban J connectivity index is 1.60. The van der Waals surface area contributed by atoms with Gasteiger partial charge in [0.25, 0.3) is 0 Å². The fraction of sp³-hybridized carbons (Fsp3) is 0.880. The van der Waals surface area contributed by atoms with Crippen LogP contribution >= 0.6 is 0 Å². The first kappa shape index (κ1) is 24.9. The minimum absolute atomic E-state index is 0.0203. The number of carbonyl (C=O) groups excluding carboxylic acids is 2. The third kappa shape index (κ3) is 6.55. The van der Waals surface area contributed by atoms with E-state index in [1.807, 2.05) is 20.8 Å². The Labute approximate surface area is 182 Å². The lowest BCUT2D eigenvalue weighted by molar-refractivity contribution is -0.162. The lowest BCUT2D eigenvalue weighted by Gasteiger charge is -2.23. The molecule has 2 unspecified atom stereocenters. The Kier molecular flexibility index (Phi) is 7.46. The first-order valence-electron chi connectivity index (χ1n) is 11.7. The van der Waals surface area contributed by atoms with Gasteiger partial charge in [-0.2, -0.15) is 0 Å². The van der Waals surface area contributed by atoms with Crippen LogP contribution in [0.25, 0.3) is 0 Å². The number of rotatable bonds is 12. The van der Waals surface area contributed by atoms with Crippen LogP contribution in [0, 0.1) is 22.2 Å². The van der Waals surface area contributed by atoms with Crippen LogP contribution in [0.15, 0.2) is 0 Å². The Hall–Kier alpha value is -1.39. The summed E-state index contributed by atoms with van der Waals surface area (Å²) in [5.74, 6) is -0.266. The number of hydrogen-bond acceptors (Lipinski definition) is 4. The molecule has 0 saturated heterocycles. The SMILES string of the molecule is CC(C)(C)OC(=O)C1(CCCCC(=O)CCCCC2(C(=O)O)CC2C(C)(C)C)CC1. The van der Waals surface area contributed by atoms with Crippen molar-refractivity contribution in [1.29, 1.82) is 0 Å². The highest BCUT2D eigenvalue weighted by atomic mass is 16.6. The smallest absolute Gasteiger partial charge is 0.312 e. The summed E-state index contributed by atoms with van der Waals surface area (Å²) < 4.78 is 5.54. The van der Waals surface area contributed by atoms with E-state index < -0.39 is 17.0 Å². The van der Waals surface area contributed by atoms with Gasteiger partial charge >= 0.3 is 11.9 Å². The highest BCUT2D eigenvalue weighted by Gasteiger charge is 2.63. The van der Waals surface area contributed by atoms with Gasteiger partial charge in [0.05, 0.1) is 10.8 Å². The molecule has 0 bridgehead atoms. The van der Waals surface area contributed by atoms with Crippen LogP contribution in [-0.2, 0) is 19.1 Å². The van der Waals surface area contributed by atoms with E-state index >= 15 is 0 Å². The van der Waals surface area contributed by atoms with Crippen LogP contribution in [0.1, 0.15) is 112 Å². The monoisotopic (exact) mass is 422 g/mol. The number of hydrogen-bond donors (Lipinski definition) is 1. The van der Waals surface area contributed by atoms with Gasteiger partial charge in [0, 0.05) is 12.8 Å². The molecule has 2 rings (SSSR count). The number of Topliss-reactive ketones (excluding diaryl/α,β-unsaturated/α-hetero) is 1. The van der Waals surface area contributed by atoms with Crippen molar-refractivity contribution < 1.29 is 24.2 Å². The van der Waals surface area contributed by atoms with Crippen LogP contribution in [0.5, 0.6) is 0 Å². The van der Waals surface area contributed by atoms with Crippen LogP contribution in [-0.4, -0.2) is 28.4 Å². The van der Waals surface area contributed by atoms with Crippen molar-refractivity contribution in [2.45, 2.75) is 118 Å². The van der Waals surface area contributed by atoms with Gasteiger partial charge in [-0.1, -0.05) is 33.6 Å². The van der Waals surface area contributed by atoms with E-state index in [0.29, 0.717) is 19.3 Å². The van der Waals surface area contributed by atoms with Crippen molar-refractivity contribution in [3.63, 3.8) is 0 Å². The second kappa shape index (κ2) is 9.00. The minimum Gasteiger partial charge on any atom is -0.481 e. The highest BCUT2D eigenvalue weighted by molar-refractivity contribution is 5.80. The zero-order chi connectivity index (χ0) is 22.8. The fourth-order valence-electron chi connectivity index (χ4n) is 4.83. The molecule has 2 aliphatic rings. The van der Waals surface area contributed by atoms with Gasteiger partial charge < -0.3 is 9.84 Å². The maximum Gasteiger partial charge on any atom is 0.312 e. The number of ketones is 1. The molecule has 2 fully saturated rings. The van der Waals surface area contributed by atoms with Crippen molar-refractivity contribution in [2.75, 3.05) is 0 Å². The largest absolute Gasteiger partial charge is 0.481 e. The van der Waals surface area contributed by atoms with Gasteiger partial charge in [0.1, 0.15) is 11.4 Å². The summed E-state index contributed by atoms with van der Waals surface area (Å²) >= 11 is 0. The lowest BCUT2D eigenvalue weighted by Crippen LogP contribution is -2.29. The molecule has 1 N–H and O–H groups in total. The van der Waals surface area contributed by atoms with E-state index in [1.54, 1.807) is 0 Å². The molecule has 0 aliphatic heterocycles. The Morgan fingerprint density at radius 1 is 0.900 bits per heavy atom. The average Bonchev–Trinajstić information content (AvgIpc) is 3.48. The summed E-state index contributed by atoms with van der Waals surface area (Å²) in [5.41, 5.74) is -1.29. The summed E-state index contributed by atoms with van der Waals surface area (Å²) in [6.07, 6.45) is 8.40. The van der Waals surface area contributed by atoms with Crippen LogP contribution < -0.4 is 0 Å². The van der Waals surface area contributed by atoms with Crippen molar-refractivity contribution in [3.8, 4) is 0 Å². The third-order valence-electron chi connectivity index (χ3n) is 6.92. The van der Waals surface area contributed by atoms with E-state index in [2.05, 4.69) is 20.8 Å². The van der Waals surface area contributed by atoms with E-state index in [0.717, 1.165) is 51.4 Å². The van der Waals surface area contributed by atoms with Gasteiger partial charge in [-0.3, -0.25) is 14.4 Å². The molecule has 5 nitrogen and oxygen atoms in total. The minimum atomic E-state index is -0.673. The van der Waals surface area contributed by atoms with Gasteiger partial charge in [-0.05, 0) is 77.0 Å². The van der Waals surface area contributed by atoms with Crippen molar-refractivity contribution in [3.05, 3.63) is 0 Å². The predicted molar refractivity (Wildman–Crippen MR) is 117 cm³/mol. The number of aliphatic carboxylic acids is 1. The summed E-state index contributed by atoms with van der Waals surface area (Å²) in [7, 11) is 0. The van der Waals surface area contributed by atoms with Gasteiger partial charge in [-0.25, -0.2) is 0 Å². The number of ether oxygens (including phenoxy) is 1. The molecule has 0 heterocycles. The first-order chi connectivity index (χ1) is 13.7. The second-order valence-electron chi connectivity index (χ2n) is 11.8. The van der Waals surface area contributed by atoms with Crippen molar-refractivity contribution >= 4 is 17.7 Å². The molecule has 0 radical (unpaired) electrons.